The molecule has 2 unspecified atom stereocenters. The number of carboxylic acid groups (broad SMARTS) is 1. The highest BCUT2D eigenvalue weighted by Crippen LogP contribution is 2.31. The van der Waals surface area contributed by atoms with Gasteiger partial charge >= 0.3 is 5.97 Å². The van der Waals surface area contributed by atoms with Crippen molar-refractivity contribution in [3.05, 3.63) is 22.4 Å². The summed E-state index contributed by atoms with van der Waals surface area (Å²) >= 11 is 1.65. The molecule has 1 aliphatic carbocycles. The average molecular weight is 267 g/mol. The highest BCUT2D eigenvalue weighted by molar-refractivity contribution is 7.07. The maximum atomic E-state index is 11.8. The van der Waals surface area contributed by atoms with Crippen LogP contribution in [-0.2, 0) is 16.0 Å². The average Bonchev–Trinajstić information content (AvgIpc) is 2.99. The van der Waals surface area contributed by atoms with Crippen molar-refractivity contribution < 1.29 is 14.7 Å². The lowest BCUT2D eigenvalue weighted by molar-refractivity contribution is -0.141. The minimum atomic E-state index is -0.774. The number of rotatable bonds is 5. The van der Waals surface area contributed by atoms with Crippen molar-refractivity contribution in [2.24, 2.45) is 11.8 Å². The Morgan fingerprint density at radius 1 is 1.39 bits per heavy atom. The Morgan fingerprint density at radius 3 is 2.78 bits per heavy atom. The molecule has 1 aromatic heterocycles. The summed E-state index contributed by atoms with van der Waals surface area (Å²) in [5, 5.41) is 15.9. The molecule has 1 heterocycles. The third-order valence-electron chi connectivity index (χ3n) is 3.45. The molecule has 2 rings (SSSR count). The maximum absolute atomic E-state index is 11.8. The molecule has 0 radical (unpaired) electrons. The molecule has 5 heteroatoms. The molecule has 0 spiro atoms. The molecule has 1 fully saturated rings. The van der Waals surface area contributed by atoms with Gasteiger partial charge in [0.1, 0.15) is 0 Å². The molecule has 1 amide bonds. The highest BCUT2D eigenvalue weighted by atomic mass is 32.1. The number of carboxylic acids is 1. The summed E-state index contributed by atoms with van der Waals surface area (Å²) < 4.78 is 0. The number of hydrogen-bond donors (Lipinski definition) is 2. The van der Waals surface area contributed by atoms with E-state index in [2.05, 4.69) is 10.7 Å². The van der Waals surface area contributed by atoms with E-state index in [1.165, 1.54) is 5.56 Å². The Kier molecular flexibility index (Phi) is 4.36. The molecule has 1 aromatic rings. The first-order valence-corrected chi connectivity index (χ1v) is 7.12. The van der Waals surface area contributed by atoms with Crippen molar-refractivity contribution in [3.63, 3.8) is 0 Å². The van der Waals surface area contributed by atoms with Gasteiger partial charge in [-0.25, -0.2) is 0 Å². The summed E-state index contributed by atoms with van der Waals surface area (Å²) in [6, 6.07) is 2.05. The Hall–Kier alpha value is -1.36. The molecule has 18 heavy (non-hydrogen) atoms. The van der Waals surface area contributed by atoms with Gasteiger partial charge in [0, 0.05) is 12.5 Å². The van der Waals surface area contributed by atoms with Crippen LogP contribution in [0.4, 0.5) is 0 Å². The van der Waals surface area contributed by atoms with E-state index in [4.69, 9.17) is 5.11 Å². The van der Waals surface area contributed by atoms with Crippen LogP contribution >= 0.6 is 11.3 Å². The minimum absolute atomic E-state index is 0.00831. The molecular weight excluding hydrogens is 250 g/mol. The van der Waals surface area contributed by atoms with Gasteiger partial charge < -0.3 is 10.4 Å². The van der Waals surface area contributed by atoms with Gasteiger partial charge in [-0.3, -0.25) is 9.59 Å². The van der Waals surface area contributed by atoms with Gasteiger partial charge in [0.2, 0.25) is 5.91 Å². The van der Waals surface area contributed by atoms with E-state index >= 15 is 0 Å². The summed E-state index contributed by atoms with van der Waals surface area (Å²) in [5.74, 6) is -1.22. The van der Waals surface area contributed by atoms with E-state index in [1.54, 1.807) is 11.3 Å². The maximum Gasteiger partial charge on any atom is 0.306 e. The van der Waals surface area contributed by atoms with Gasteiger partial charge in [0.05, 0.1) is 5.92 Å². The lowest BCUT2D eigenvalue weighted by atomic mass is 10.0. The van der Waals surface area contributed by atoms with E-state index in [-0.39, 0.29) is 17.7 Å². The Bertz CT molecular complexity index is 416. The zero-order valence-electron chi connectivity index (χ0n) is 10.1. The minimum Gasteiger partial charge on any atom is -0.481 e. The lowest BCUT2D eigenvalue weighted by Gasteiger charge is -2.10. The summed E-state index contributed by atoms with van der Waals surface area (Å²) in [6.45, 7) is 0.629. The van der Waals surface area contributed by atoms with Crippen molar-refractivity contribution >= 4 is 23.2 Å². The summed E-state index contributed by atoms with van der Waals surface area (Å²) in [6.07, 6.45) is 2.64. The Balaban J connectivity index is 1.71. The van der Waals surface area contributed by atoms with E-state index in [0.29, 0.717) is 25.8 Å². The quantitative estimate of drug-likeness (QED) is 0.856. The van der Waals surface area contributed by atoms with Crippen LogP contribution < -0.4 is 5.32 Å². The third kappa shape index (κ3) is 3.32. The first-order valence-electron chi connectivity index (χ1n) is 6.18. The first kappa shape index (κ1) is 13.1. The third-order valence-corrected chi connectivity index (χ3v) is 4.18. The van der Waals surface area contributed by atoms with Crippen LogP contribution in [0, 0.1) is 11.8 Å². The van der Waals surface area contributed by atoms with E-state index in [9.17, 15) is 9.59 Å². The number of carbonyl (C=O) groups excluding carboxylic acids is 1. The Morgan fingerprint density at radius 2 is 2.17 bits per heavy atom. The smallest absolute Gasteiger partial charge is 0.306 e. The molecule has 0 aromatic carbocycles. The zero-order valence-corrected chi connectivity index (χ0v) is 10.9. The molecule has 0 saturated heterocycles. The van der Waals surface area contributed by atoms with E-state index in [0.717, 1.165) is 6.42 Å². The summed E-state index contributed by atoms with van der Waals surface area (Å²) in [7, 11) is 0. The van der Waals surface area contributed by atoms with Gasteiger partial charge in [0.15, 0.2) is 0 Å². The standard InChI is InChI=1S/C13H17NO3S/c15-12(10-1-2-11(7-10)13(16)17)14-5-3-9-4-6-18-8-9/h4,6,8,10-11H,1-3,5,7H2,(H,14,15)(H,16,17). The normalized spacial score (nSPS) is 22.9. The predicted octanol–water partition coefficient (Wildman–Crippen LogP) is 1.91. The predicted molar refractivity (Wildman–Crippen MR) is 69.5 cm³/mol. The number of hydrogen-bond acceptors (Lipinski definition) is 3. The number of thiophene rings is 1. The van der Waals surface area contributed by atoms with Crippen molar-refractivity contribution in [2.45, 2.75) is 25.7 Å². The van der Waals surface area contributed by atoms with E-state index < -0.39 is 5.97 Å². The van der Waals surface area contributed by atoms with Gasteiger partial charge in [0.25, 0.3) is 0 Å². The van der Waals surface area contributed by atoms with Gasteiger partial charge in [-0.2, -0.15) is 11.3 Å². The van der Waals surface area contributed by atoms with Crippen molar-refractivity contribution in [1.82, 2.24) is 5.32 Å². The fraction of sp³-hybridized carbons (Fsp3) is 0.538. The molecule has 98 valence electrons. The first-order chi connectivity index (χ1) is 8.66. The molecular formula is C13H17NO3S. The van der Waals surface area contributed by atoms with E-state index in [1.807, 2.05) is 11.4 Å². The SMILES string of the molecule is O=C(O)C1CCC(C(=O)NCCc2ccsc2)C1. The summed E-state index contributed by atoms with van der Waals surface area (Å²) in [5.41, 5.74) is 1.23. The molecule has 0 aliphatic heterocycles. The molecule has 2 atom stereocenters. The van der Waals surface area contributed by atoms with Crippen LogP contribution in [0.25, 0.3) is 0 Å². The lowest BCUT2D eigenvalue weighted by Crippen LogP contribution is -2.31. The topological polar surface area (TPSA) is 66.4 Å². The summed E-state index contributed by atoms with van der Waals surface area (Å²) in [4.78, 5) is 22.6. The fourth-order valence-corrected chi connectivity index (χ4v) is 3.06. The number of nitrogens with one attached hydrogen (secondary N) is 1. The second-order valence-corrected chi connectivity index (χ2v) is 5.50. The Labute approximate surface area is 110 Å². The van der Waals surface area contributed by atoms with Gasteiger partial charge in [-0.15, -0.1) is 0 Å². The van der Waals surface area contributed by atoms with Gasteiger partial charge in [-0.05, 0) is 48.1 Å². The van der Waals surface area contributed by atoms with Crippen LogP contribution in [-0.4, -0.2) is 23.5 Å². The van der Waals surface area contributed by atoms with Crippen molar-refractivity contribution in [2.75, 3.05) is 6.54 Å². The van der Waals surface area contributed by atoms with Crippen molar-refractivity contribution in [1.29, 1.82) is 0 Å². The number of amides is 1. The highest BCUT2D eigenvalue weighted by Gasteiger charge is 2.33. The van der Waals surface area contributed by atoms with Crippen molar-refractivity contribution in [3.8, 4) is 0 Å². The molecule has 2 N–H and O–H groups in total. The number of carbonyl (C=O) groups is 2. The van der Waals surface area contributed by atoms with Crippen LogP contribution in [0.2, 0.25) is 0 Å². The van der Waals surface area contributed by atoms with Crippen LogP contribution in [0.5, 0.6) is 0 Å². The van der Waals surface area contributed by atoms with Gasteiger partial charge in [-0.1, -0.05) is 0 Å². The molecule has 1 aliphatic rings. The molecule has 4 nitrogen and oxygen atoms in total. The second kappa shape index (κ2) is 6.00. The zero-order chi connectivity index (χ0) is 13.0. The van der Waals surface area contributed by atoms with Crippen LogP contribution in [0.15, 0.2) is 16.8 Å². The monoisotopic (exact) mass is 267 g/mol. The molecule has 1 saturated carbocycles. The van der Waals surface area contributed by atoms with Crippen LogP contribution in [0.1, 0.15) is 24.8 Å². The molecule has 0 bridgehead atoms. The second-order valence-electron chi connectivity index (χ2n) is 4.72. The largest absolute Gasteiger partial charge is 0.481 e. The van der Waals surface area contributed by atoms with Crippen LogP contribution in [0.3, 0.4) is 0 Å². The number of aliphatic carboxylic acids is 1. The fourth-order valence-electron chi connectivity index (χ4n) is 2.35.